The van der Waals surface area contributed by atoms with Gasteiger partial charge in [0.15, 0.2) is 0 Å². The molecule has 3 rings (SSSR count). The van der Waals surface area contributed by atoms with E-state index in [-0.39, 0.29) is 18.9 Å². The summed E-state index contributed by atoms with van der Waals surface area (Å²) in [4.78, 5) is 12.6. The van der Waals surface area contributed by atoms with E-state index in [2.05, 4.69) is 5.32 Å². The standard InChI is InChI=1S/C26H29FN2O4S/c1-18-13-19(2)26(20(3)14-18)29(34(4,31)32)16-25(30)28-15-21-7-11-24(12-8-21)33-17-22-5-9-23(27)10-6-22/h5-14H,15-17H2,1-4H3,(H,28,30). The van der Waals surface area contributed by atoms with E-state index in [0.717, 1.165) is 38.4 Å². The molecular formula is C26H29FN2O4S. The molecule has 0 aliphatic rings. The maximum absolute atomic E-state index is 13.0. The van der Waals surface area contributed by atoms with Crippen molar-refractivity contribution in [3.05, 3.63) is 94.3 Å². The summed E-state index contributed by atoms with van der Waals surface area (Å²) in [5.74, 6) is -0.0478. The molecular weight excluding hydrogens is 455 g/mol. The van der Waals surface area contributed by atoms with Crippen LogP contribution in [0, 0.1) is 26.6 Å². The minimum Gasteiger partial charge on any atom is -0.489 e. The number of nitrogens with one attached hydrogen (secondary N) is 1. The van der Waals surface area contributed by atoms with Crippen LogP contribution in [0.5, 0.6) is 5.75 Å². The quantitative estimate of drug-likeness (QED) is 0.488. The summed E-state index contributed by atoms with van der Waals surface area (Å²) in [5.41, 5.74) is 4.86. The Labute approximate surface area is 200 Å². The zero-order chi connectivity index (χ0) is 24.9. The average molecular weight is 485 g/mol. The number of amides is 1. The van der Waals surface area contributed by atoms with Crippen LogP contribution in [0.25, 0.3) is 0 Å². The third kappa shape index (κ3) is 6.81. The fourth-order valence-corrected chi connectivity index (χ4v) is 4.74. The molecule has 1 amide bonds. The van der Waals surface area contributed by atoms with Gasteiger partial charge in [-0.3, -0.25) is 9.10 Å². The molecule has 180 valence electrons. The Bertz CT molecular complexity index is 1230. The van der Waals surface area contributed by atoms with E-state index in [0.29, 0.717) is 18.0 Å². The Balaban J connectivity index is 1.59. The van der Waals surface area contributed by atoms with E-state index >= 15 is 0 Å². The lowest BCUT2D eigenvalue weighted by atomic mass is 10.1. The van der Waals surface area contributed by atoms with Gasteiger partial charge in [0.2, 0.25) is 15.9 Å². The second-order valence-electron chi connectivity index (χ2n) is 8.35. The summed E-state index contributed by atoms with van der Waals surface area (Å²) < 4.78 is 44.8. The Kier molecular flexibility index (Phi) is 7.94. The summed E-state index contributed by atoms with van der Waals surface area (Å²) in [6, 6.07) is 17.1. The van der Waals surface area contributed by atoms with E-state index < -0.39 is 15.9 Å². The van der Waals surface area contributed by atoms with Crippen LogP contribution >= 0.6 is 0 Å². The third-order valence-electron chi connectivity index (χ3n) is 5.30. The number of nitrogens with zero attached hydrogens (tertiary/aromatic N) is 1. The van der Waals surface area contributed by atoms with Gasteiger partial charge in [0.05, 0.1) is 11.9 Å². The van der Waals surface area contributed by atoms with Crippen LogP contribution in [0.3, 0.4) is 0 Å². The highest BCUT2D eigenvalue weighted by atomic mass is 32.2. The van der Waals surface area contributed by atoms with Crippen LogP contribution in [0.15, 0.2) is 60.7 Å². The van der Waals surface area contributed by atoms with Crippen molar-refractivity contribution >= 4 is 21.6 Å². The summed E-state index contributed by atoms with van der Waals surface area (Å²) >= 11 is 0. The minimum absolute atomic E-state index is 0.251. The number of aryl methyl sites for hydroxylation is 3. The van der Waals surface area contributed by atoms with Crippen LogP contribution in [0.1, 0.15) is 27.8 Å². The highest BCUT2D eigenvalue weighted by molar-refractivity contribution is 7.92. The van der Waals surface area contributed by atoms with Crippen molar-refractivity contribution in [2.24, 2.45) is 0 Å². The molecule has 0 saturated carbocycles. The van der Waals surface area contributed by atoms with E-state index in [1.54, 1.807) is 24.3 Å². The molecule has 3 aromatic rings. The van der Waals surface area contributed by atoms with Gasteiger partial charge < -0.3 is 10.1 Å². The van der Waals surface area contributed by atoms with Crippen molar-refractivity contribution in [2.45, 2.75) is 33.9 Å². The van der Waals surface area contributed by atoms with Gasteiger partial charge in [-0.05, 0) is 67.3 Å². The molecule has 0 radical (unpaired) electrons. The molecule has 34 heavy (non-hydrogen) atoms. The number of carbonyl (C=O) groups excluding carboxylic acids is 1. The summed E-state index contributed by atoms with van der Waals surface area (Å²) in [7, 11) is -3.66. The third-order valence-corrected chi connectivity index (χ3v) is 6.42. The van der Waals surface area contributed by atoms with Gasteiger partial charge in [-0.2, -0.15) is 0 Å². The zero-order valence-corrected chi connectivity index (χ0v) is 20.6. The van der Waals surface area contributed by atoms with E-state index in [1.165, 1.54) is 12.1 Å². The molecule has 0 unspecified atom stereocenters. The number of sulfonamides is 1. The zero-order valence-electron chi connectivity index (χ0n) is 19.8. The number of hydrogen-bond acceptors (Lipinski definition) is 4. The first-order valence-electron chi connectivity index (χ1n) is 10.8. The van der Waals surface area contributed by atoms with Crippen LogP contribution in [-0.2, 0) is 28.0 Å². The fraction of sp³-hybridized carbons (Fsp3) is 0.269. The van der Waals surface area contributed by atoms with Crippen molar-refractivity contribution in [1.82, 2.24) is 5.32 Å². The van der Waals surface area contributed by atoms with Gasteiger partial charge >= 0.3 is 0 Å². The molecule has 8 heteroatoms. The number of carbonyl (C=O) groups is 1. The van der Waals surface area contributed by atoms with Crippen LogP contribution in [0.2, 0.25) is 0 Å². The van der Waals surface area contributed by atoms with Crippen molar-refractivity contribution in [3.8, 4) is 5.75 Å². The largest absolute Gasteiger partial charge is 0.489 e. The number of benzene rings is 3. The number of anilines is 1. The lowest BCUT2D eigenvalue weighted by Gasteiger charge is -2.26. The SMILES string of the molecule is Cc1cc(C)c(N(CC(=O)NCc2ccc(OCc3ccc(F)cc3)cc2)S(C)(=O)=O)c(C)c1. The first-order chi connectivity index (χ1) is 16.0. The molecule has 0 saturated heterocycles. The number of rotatable bonds is 9. The predicted molar refractivity (Wildman–Crippen MR) is 132 cm³/mol. The Morgan fingerprint density at radius 3 is 2.06 bits per heavy atom. The fourth-order valence-electron chi connectivity index (χ4n) is 3.77. The maximum atomic E-state index is 13.0. The van der Waals surface area contributed by atoms with Gasteiger partial charge in [0.1, 0.15) is 24.7 Å². The second-order valence-corrected chi connectivity index (χ2v) is 10.3. The predicted octanol–water partition coefficient (Wildman–Crippen LogP) is 4.41. The van der Waals surface area contributed by atoms with Crippen LogP contribution < -0.4 is 14.4 Å². The lowest BCUT2D eigenvalue weighted by molar-refractivity contribution is -0.119. The molecule has 0 fully saturated rings. The molecule has 0 spiro atoms. The molecule has 0 heterocycles. The molecule has 0 aliphatic heterocycles. The van der Waals surface area contributed by atoms with Crippen molar-refractivity contribution in [1.29, 1.82) is 0 Å². The van der Waals surface area contributed by atoms with Gasteiger partial charge in [-0.1, -0.05) is 42.0 Å². The smallest absolute Gasteiger partial charge is 0.241 e. The Hall–Kier alpha value is -3.39. The van der Waals surface area contributed by atoms with Gasteiger partial charge in [-0.15, -0.1) is 0 Å². The van der Waals surface area contributed by atoms with Crippen molar-refractivity contribution in [2.75, 3.05) is 17.1 Å². The minimum atomic E-state index is -3.66. The topological polar surface area (TPSA) is 75.7 Å². The molecule has 1 N–H and O–H groups in total. The monoisotopic (exact) mass is 484 g/mol. The molecule has 0 aromatic heterocycles. The normalized spacial score (nSPS) is 11.2. The van der Waals surface area contributed by atoms with Crippen molar-refractivity contribution < 1.29 is 22.3 Å². The molecule has 0 atom stereocenters. The summed E-state index contributed by atoms with van der Waals surface area (Å²) in [5, 5.41) is 2.78. The van der Waals surface area contributed by atoms with Gasteiger partial charge in [0, 0.05) is 6.54 Å². The molecule has 6 nitrogen and oxygen atoms in total. The highest BCUT2D eigenvalue weighted by Gasteiger charge is 2.24. The van der Waals surface area contributed by atoms with E-state index in [1.807, 2.05) is 45.0 Å². The second kappa shape index (κ2) is 10.7. The average Bonchev–Trinajstić information content (AvgIpc) is 2.76. The first kappa shape index (κ1) is 25.2. The number of ether oxygens (including phenoxy) is 1. The Morgan fingerprint density at radius 2 is 1.50 bits per heavy atom. The first-order valence-corrected chi connectivity index (χ1v) is 12.7. The summed E-state index contributed by atoms with van der Waals surface area (Å²) in [6.45, 7) is 5.88. The molecule has 3 aromatic carbocycles. The van der Waals surface area contributed by atoms with E-state index in [4.69, 9.17) is 4.74 Å². The highest BCUT2D eigenvalue weighted by Crippen LogP contribution is 2.28. The maximum Gasteiger partial charge on any atom is 0.241 e. The van der Waals surface area contributed by atoms with Gasteiger partial charge in [0.25, 0.3) is 0 Å². The molecule has 0 bridgehead atoms. The van der Waals surface area contributed by atoms with Gasteiger partial charge in [-0.25, -0.2) is 12.8 Å². The van der Waals surface area contributed by atoms with Crippen LogP contribution in [-0.4, -0.2) is 27.1 Å². The molecule has 0 aliphatic carbocycles. The number of hydrogen-bond donors (Lipinski definition) is 1. The van der Waals surface area contributed by atoms with E-state index in [9.17, 15) is 17.6 Å². The summed E-state index contributed by atoms with van der Waals surface area (Å²) in [6.07, 6.45) is 1.10. The van der Waals surface area contributed by atoms with Crippen LogP contribution in [0.4, 0.5) is 10.1 Å². The Morgan fingerprint density at radius 1 is 0.941 bits per heavy atom. The lowest BCUT2D eigenvalue weighted by Crippen LogP contribution is -2.40. The number of halogens is 1. The van der Waals surface area contributed by atoms with Crippen molar-refractivity contribution in [3.63, 3.8) is 0 Å².